The molecule has 3 heteroatoms. The van der Waals surface area contributed by atoms with Crippen LogP contribution >= 0.6 is 22.7 Å². The summed E-state index contributed by atoms with van der Waals surface area (Å²) in [6.07, 6.45) is 2.12. The standard InChI is InChI=1S/C10H7NS2/c1-11-10(3-4-10)9-6-8-7(13-9)2-5-12-8/h2,5-6H,3-4H2. The molecule has 0 amide bonds. The van der Waals surface area contributed by atoms with Crippen LogP contribution in [0.3, 0.4) is 0 Å². The normalized spacial score (nSPS) is 18.7. The summed E-state index contributed by atoms with van der Waals surface area (Å²) in [7, 11) is 0. The molecule has 0 unspecified atom stereocenters. The Morgan fingerprint density at radius 2 is 2.23 bits per heavy atom. The molecular formula is C10H7NS2. The third kappa shape index (κ3) is 0.962. The van der Waals surface area contributed by atoms with Crippen LogP contribution in [0.1, 0.15) is 17.7 Å². The predicted molar refractivity (Wildman–Crippen MR) is 57.2 cm³/mol. The number of rotatable bonds is 1. The second-order valence-corrected chi connectivity index (χ2v) is 5.43. The molecule has 0 radical (unpaired) electrons. The van der Waals surface area contributed by atoms with E-state index in [-0.39, 0.29) is 5.54 Å². The molecule has 1 aliphatic rings. The molecule has 0 atom stereocenters. The fourth-order valence-corrected chi connectivity index (χ4v) is 3.83. The second-order valence-electron chi connectivity index (χ2n) is 3.40. The van der Waals surface area contributed by atoms with E-state index >= 15 is 0 Å². The van der Waals surface area contributed by atoms with E-state index < -0.39 is 0 Å². The molecule has 2 aromatic heterocycles. The number of fused-ring (bicyclic) bond motifs is 1. The molecule has 13 heavy (non-hydrogen) atoms. The van der Waals surface area contributed by atoms with E-state index in [1.807, 2.05) is 0 Å². The first-order valence-corrected chi connectivity index (χ1v) is 5.90. The van der Waals surface area contributed by atoms with Crippen molar-refractivity contribution in [2.75, 3.05) is 0 Å². The molecule has 0 bridgehead atoms. The molecule has 0 spiro atoms. The maximum absolute atomic E-state index is 7.17. The average Bonchev–Trinajstić information content (AvgIpc) is 2.63. The van der Waals surface area contributed by atoms with Crippen molar-refractivity contribution in [3.05, 3.63) is 33.8 Å². The molecule has 0 N–H and O–H groups in total. The first-order valence-electron chi connectivity index (χ1n) is 4.20. The van der Waals surface area contributed by atoms with Crippen molar-refractivity contribution in [3.8, 4) is 0 Å². The lowest BCUT2D eigenvalue weighted by Gasteiger charge is -1.94. The lowest BCUT2D eigenvalue weighted by molar-refractivity contribution is 0.913. The van der Waals surface area contributed by atoms with Gasteiger partial charge in [-0.25, -0.2) is 6.57 Å². The third-order valence-electron chi connectivity index (χ3n) is 2.54. The molecule has 1 aliphatic carbocycles. The first kappa shape index (κ1) is 7.54. The van der Waals surface area contributed by atoms with Gasteiger partial charge in [0.15, 0.2) is 0 Å². The third-order valence-corrected chi connectivity index (χ3v) is 4.82. The quantitative estimate of drug-likeness (QED) is 0.622. The number of hydrogen-bond acceptors (Lipinski definition) is 2. The molecule has 0 aliphatic heterocycles. The van der Waals surface area contributed by atoms with Gasteiger partial charge in [-0.05, 0) is 17.5 Å². The van der Waals surface area contributed by atoms with Crippen molar-refractivity contribution in [1.82, 2.24) is 0 Å². The summed E-state index contributed by atoms with van der Waals surface area (Å²) < 4.78 is 2.69. The van der Waals surface area contributed by atoms with E-state index in [1.165, 1.54) is 14.3 Å². The Morgan fingerprint density at radius 1 is 1.38 bits per heavy atom. The van der Waals surface area contributed by atoms with Crippen LogP contribution in [0.4, 0.5) is 0 Å². The van der Waals surface area contributed by atoms with Gasteiger partial charge in [-0.2, -0.15) is 0 Å². The van der Waals surface area contributed by atoms with Crippen molar-refractivity contribution in [1.29, 1.82) is 0 Å². The first-order chi connectivity index (χ1) is 6.34. The summed E-state index contributed by atoms with van der Waals surface area (Å²) in [5.41, 5.74) is -0.108. The second kappa shape index (κ2) is 2.34. The van der Waals surface area contributed by atoms with Crippen molar-refractivity contribution in [2.45, 2.75) is 18.4 Å². The summed E-state index contributed by atoms with van der Waals surface area (Å²) in [6.45, 7) is 7.17. The van der Waals surface area contributed by atoms with Gasteiger partial charge in [0.1, 0.15) is 0 Å². The summed E-state index contributed by atoms with van der Waals surface area (Å²) in [6, 6.07) is 4.35. The van der Waals surface area contributed by atoms with Gasteiger partial charge in [0.05, 0.1) is 4.88 Å². The van der Waals surface area contributed by atoms with Gasteiger partial charge in [0, 0.05) is 22.2 Å². The van der Waals surface area contributed by atoms with Crippen LogP contribution in [0, 0.1) is 6.57 Å². The fraction of sp³-hybridized carbons (Fsp3) is 0.300. The van der Waals surface area contributed by atoms with Crippen LogP contribution < -0.4 is 0 Å². The zero-order valence-electron chi connectivity index (χ0n) is 6.91. The van der Waals surface area contributed by atoms with Crippen LogP contribution in [0.15, 0.2) is 17.5 Å². The van der Waals surface area contributed by atoms with E-state index in [9.17, 15) is 0 Å². The zero-order chi connectivity index (χ0) is 8.89. The fourth-order valence-electron chi connectivity index (χ4n) is 1.53. The van der Waals surface area contributed by atoms with Crippen molar-refractivity contribution >= 4 is 32.1 Å². The summed E-state index contributed by atoms with van der Waals surface area (Å²) in [5, 5.41) is 2.11. The molecule has 3 rings (SSSR count). The van der Waals surface area contributed by atoms with Gasteiger partial charge < -0.3 is 4.85 Å². The predicted octanol–water partition coefficient (Wildman–Crippen LogP) is 3.87. The topological polar surface area (TPSA) is 4.36 Å². The van der Waals surface area contributed by atoms with Crippen molar-refractivity contribution in [3.63, 3.8) is 0 Å². The Balaban J connectivity index is 2.19. The van der Waals surface area contributed by atoms with E-state index in [0.29, 0.717) is 0 Å². The van der Waals surface area contributed by atoms with Crippen molar-refractivity contribution < 1.29 is 0 Å². The Labute approximate surface area is 84.5 Å². The molecule has 2 heterocycles. The van der Waals surface area contributed by atoms with Crippen molar-refractivity contribution in [2.24, 2.45) is 0 Å². The summed E-state index contributed by atoms with van der Waals surface area (Å²) >= 11 is 3.56. The molecular weight excluding hydrogens is 198 g/mol. The van der Waals surface area contributed by atoms with E-state index in [4.69, 9.17) is 6.57 Å². The monoisotopic (exact) mass is 205 g/mol. The van der Waals surface area contributed by atoms with Crippen LogP contribution in [-0.4, -0.2) is 0 Å². The average molecular weight is 205 g/mol. The minimum absolute atomic E-state index is 0.108. The van der Waals surface area contributed by atoms with Gasteiger partial charge in [0.25, 0.3) is 5.54 Å². The van der Waals surface area contributed by atoms with Gasteiger partial charge in [0.2, 0.25) is 0 Å². The van der Waals surface area contributed by atoms with Crippen LogP contribution in [-0.2, 0) is 5.54 Å². The number of nitrogens with zero attached hydrogens (tertiary/aromatic N) is 1. The Bertz CT molecular complexity index is 468. The maximum Gasteiger partial charge on any atom is 0.267 e. The van der Waals surface area contributed by atoms with Gasteiger partial charge in [-0.3, -0.25) is 0 Å². The van der Waals surface area contributed by atoms with E-state index in [0.717, 1.165) is 12.8 Å². The van der Waals surface area contributed by atoms with Crippen LogP contribution in [0.25, 0.3) is 14.2 Å². The smallest absolute Gasteiger partial charge is 0.267 e. The minimum atomic E-state index is -0.108. The molecule has 0 aromatic carbocycles. The lowest BCUT2D eigenvalue weighted by atomic mass is 10.2. The van der Waals surface area contributed by atoms with E-state index in [2.05, 4.69) is 22.4 Å². The van der Waals surface area contributed by atoms with Gasteiger partial charge >= 0.3 is 0 Å². The largest absolute Gasteiger partial charge is 0.304 e. The Hall–Kier alpha value is -0.850. The highest BCUT2D eigenvalue weighted by Gasteiger charge is 2.53. The minimum Gasteiger partial charge on any atom is -0.304 e. The lowest BCUT2D eigenvalue weighted by Crippen LogP contribution is -1.93. The summed E-state index contributed by atoms with van der Waals surface area (Å²) in [4.78, 5) is 5.02. The molecule has 64 valence electrons. The highest BCUT2D eigenvalue weighted by molar-refractivity contribution is 7.27. The highest BCUT2D eigenvalue weighted by atomic mass is 32.1. The molecule has 1 fully saturated rings. The number of thiophene rings is 2. The van der Waals surface area contributed by atoms with Crippen LogP contribution in [0.5, 0.6) is 0 Å². The molecule has 2 aromatic rings. The molecule has 1 nitrogen and oxygen atoms in total. The zero-order valence-corrected chi connectivity index (χ0v) is 8.54. The Morgan fingerprint density at radius 3 is 2.85 bits per heavy atom. The molecule has 1 saturated carbocycles. The van der Waals surface area contributed by atoms with Gasteiger partial charge in [-0.15, -0.1) is 22.7 Å². The van der Waals surface area contributed by atoms with Crippen LogP contribution in [0.2, 0.25) is 0 Å². The van der Waals surface area contributed by atoms with E-state index in [1.54, 1.807) is 22.7 Å². The van der Waals surface area contributed by atoms with Gasteiger partial charge in [-0.1, -0.05) is 0 Å². The Kier molecular flexibility index (Phi) is 1.36. The SMILES string of the molecule is [C-]#[N+]C1(c2cc3sccc3s2)CC1. The highest BCUT2D eigenvalue weighted by Crippen LogP contribution is 2.53. The maximum atomic E-state index is 7.17. The molecule has 0 saturated heterocycles. The summed E-state index contributed by atoms with van der Waals surface area (Å²) in [5.74, 6) is 0. The number of hydrogen-bond donors (Lipinski definition) is 0.